The minimum atomic E-state index is 0.831. The molecule has 0 heterocycles. The summed E-state index contributed by atoms with van der Waals surface area (Å²) in [4.78, 5) is 0. The highest BCUT2D eigenvalue weighted by atomic mass is 32.2. The van der Waals surface area contributed by atoms with Gasteiger partial charge in [-0.15, -0.1) is 0 Å². The van der Waals surface area contributed by atoms with Gasteiger partial charge in [0.2, 0.25) is 0 Å². The van der Waals surface area contributed by atoms with E-state index in [0.29, 0.717) is 0 Å². The van der Waals surface area contributed by atoms with Crippen LogP contribution in [0.5, 0.6) is 0 Å². The summed E-state index contributed by atoms with van der Waals surface area (Å²) in [5, 5.41) is 0. The van der Waals surface area contributed by atoms with Crippen molar-refractivity contribution in [3.63, 3.8) is 0 Å². The molecule has 2 aromatic rings. The van der Waals surface area contributed by atoms with Gasteiger partial charge >= 0.3 is 0 Å². The molecule has 0 unspecified atom stereocenters. The van der Waals surface area contributed by atoms with Gasteiger partial charge in [0.1, 0.15) is 0 Å². The van der Waals surface area contributed by atoms with E-state index in [1.165, 1.54) is 11.1 Å². The van der Waals surface area contributed by atoms with E-state index in [4.69, 9.17) is 5.73 Å². The van der Waals surface area contributed by atoms with Gasteiger partial charge in [0.15, 0.2) is 0 Å². The molecule has 0 radical (unpaired) electrons. The molecule has 0 aliphatic heterocycles. The average Bonchev–Trinajstić information content (AvgIpc) is 2.42. The van der Waals surface area contributed by atoms with Crippen molar-refractivity contribution < 1.29 is 0 Å². The topological polar surface area (TPSA) is 29.3 Å². The van der Waals surface area contributed by atoms with E-state index in [-0.39, 0.29) is 0 Å². The number of anilines is 1. The van der Waals surface area contributed by atoms with Crippen LogP contribution in [0.1, 0.15) is 11.1 Å². The van der Waals surface area contributed by atoms with Crippen LogP contribution in [0.3, 0.4) is 0 Å². The molecule has 0 bridgehead atoms. The third-order valence-electron chi connectivity index (χ3n) is 2.93. The zero-order chi connectivity index (χ0) is 13.5. The zero-order valence-electron chi connectivity index (χ0n) is 11.3. The lowest BCUT2D eigenvalue weighted by atomic mass is 10.2. The van der Waals surface area contributed by atoms with Crippen molar-refractivity contribution in [2.45, 2.75) is 13.0 Å². The summed E-state index contributed by atoms with van der Waals surface area (Å²) in [5.41, 5.74) is 9.20. The van der Waals surface area contributed by atoms with Gasteiger partial charge in [-0.2, -0.15) is 0 Å². The van der Waals surface area contributed by atoms with Crippen LogP contribution in [0.25, 0.3) is 0 Å². The van der Waals surface area contributed by atoms with Crippen molar-refractivity contribution in [3.8, 4) is 0 Å². The number of aryl methyl sites for hydroxylation is 1. The lowest BCUT2D eigenvalue weighted by Gasteiger charge is -2.15. The van der Waals surface area contributed by atoms with Crippen molar-refractivity contribution in [2.75, 3.05) is 18.5 Å². The molecule has 0 saturated heterocycles. The first-order valence-corrected chi connectivity index (χ1v) is 7.41. The van der Waals surface area contributed by atoms with E-state index in [1.807, 2.05) is 24.1 Å². The Hall–Kier alpha value is -1.45. The lowest BCUT2D eigenvalue weighted by Crippen LogP contribution is -2.10. The van der Waals surface area contributed by atoms with Crippen LogP contribution < -0.4 is 5.73 Å². The Morgan fingerprint density at radius 1 is 0.947 bits per heavy atom. The Bertz CT molecular complexity index is 482. The second-order valence-electron chi connectivity index (χ2n) is 4.60. The molecule has 2 aromatic carbocycles. The number of rotatable bonds is 6. The smallest absolute Gasteiger partial charge is 0.0337 e. The Labute approximate surface area is 119 Å². The number of nitrogens with zero attached hydrogens (tertiary/aromatic N) is 1. The van der Waals surface area contributed by atoms with Gasteiger partial charge in [0.25, 0.3) is 0 Å². The number of benzene rings is 2. The molecule has 2 nitrogen and oxygen atoms in total. The van der Waals surface area contributed by atoms with Crippen LogP contribution in [0.15, 0.2) is 54.6 Å². The predicted molar refractivity (Wildman–Crippen MR) is 84.9 cm³/mol. The summed E-state index contributed by atoms with van der Waals surface area (Å²) < 4.78 is 2.28. The van der Waals surface area contributed by atoms with Gasteiger partial charge in [0, 0.05) is 18.0 Å². The van der Waals surface area contributed by atoms with E-state index in [1.54, 1.807) is 0 Å². The molecule has 19 heavy (non-hydrogen) atoms. The molecule has 2 N–H and O–H groups in total. The molecule has 100 valence electrons. The van der Waals surface area contributed by atoms with Gasteiger partial charge in [-0.05, 0) is 36.7 Å². The third kappa shape index (κ3) is 4.97. The number of hydrogen-bond acceptors (Lipinski definition) is 3. The van der Waals surface area contributed by atoms with Gasteiger partial charge in [-0.1, -0.05) is 54.4 Å². The predicted octanol–water partition coefficient (Wildman–Crippen LogP) is 3.59. The largest absolute Gasteiger partial charge is 0.399 e. The molecule has 0 aliphatic rings. The summed E-state index contributed by atoms with van der Waals surface area (Å²) in [6, 6.07) is 18.7. The number of nitrogens with two attached hydrogens (primary N) is 1. The molecule has 0 spiro atoms. The van der Waals surface area contributed by atoms with E-state index in [2.05, 4.69) is 53.8 Å². The molecular formula is C16H20N2S. The van der Waals surface area contributed by atoms with E-state index in [9.17, 15) is 0 Å². The summed E-state index contributed by atoms with van der Waals surface area (Å²) >= 11 is 1.87. The minimum Gasteiger partial charge on any atom is -0.399 e. The van der Waals surface area contributed by atoms with Gasteiger partial charge < -0.3 is 5.73 Å². The molecule has 0 atom stereocenters. The average molecular weight is 272 g/mol. The molecule has 0 saturated carbocycles. The maximum absolute atomic E-state index is 5.68. The Morgan fingerprint density at radius 2 is 1.63 bits per heavy atom. The maximum Gasteiger partial charge on any atom is 0.0337 e. The number of hydrogen-bond donors (Lipinski definition) is 1. The second-order valence-corrected chi connectivity index (χ2v) is 5.89. The molecule has 0 fully saturated rings. The van der Waals surface area contributed by atoms with Crippen LogP contribution in [-0.4, -0.2) is 17.1 Å². The van der Waals surface area contributed by atoms with Crippen molar-refractivity contribution in [3.05, 3.63) is 65.7 Å². The summed E-state index contributed by atoms with van der Waals surface area (Å²) in [6.45, 7) is 0.979. The summed E-state index contributed by atoms with van der Waals surface area (Å²) in [6.07, 6.45) is 1.07. The van der Waals surface area contributed by atoms with E-state index < -0.39 is 0 Å². The highest BCUT2D eigenvalue weighted by molar-refractivity contribution is 7.96. The fourth-order valence-electron chi connectivity index (χ4n) is 1.89. The molecule has 0 aromatic heterocycles. The highest BCUT2D eigenvalue weighted by Crippen LogP contribution is 2.15. The Kier molecular flexibility index (Phi) is 5.31. The van der Waals surface area contributed by atoms with Gasteiger partial charge in [-0.25, -0.2) is 4.31 Å². The van der Waals surface area contributed by atoms with E-state index >= 15 is 0 Å². The molecule has 0 amide bonds. The Morgan fingerprint density at radius 3 is 2.32 bits per heavy atom. The van der Waals surface area contributed by atoms with Crippen molar-refractivity contribution in [1.82, 2.24) is 4.31 Å². The van der Waals surface area contributed by atoms with E-state index in [0.717, 1.165) is 24.4 Å². The first-order chi connectivity index (χ1) is 9.24. The van der Waals surface area contributed by atoms with Crippen LogP contribution >= 0.6 is 11.9 Å². The first kappa shape index (κ1) is 14.0. The van der Waals surface area contributed by atoms with Crippen LogP contribution in [-0.2, 0) is 13.0 Å². The fraction of sp³-hybridized carbons (Fsp3) is 0.250. The lowest BCUT2D eigenvalue weighted by molar-refractivity contribution is 0.564. The second kappa shape index (κ2) is 7.22. The third-order valence-corrected chi connectivity index (χ3v) is 3.89. The van der Waals surface area contributed by atoms with Gasteiger partial charge in [0.05, 0.1) is 0 Å². The van der Waals surface area contributed by atoms with Gasteiger partial charge in [-0.3, -0.25) is 0 Å². The standard InChI is InChI=1S/C16H20N2S/c1-18(13-15-5-3-2-4-6-15)19-12-11-14-7-9-16(17)10-8-14/h2-10H,11-13,17H2,1H3. The number of nitrogen functional groups attached to an aromatic ring is 1. The molecular weight excluding hydrogens is 252 g/mol. The Balaban J connectivity index is 1.72. The summed E-state index contributed by atoms with van der Waals surface area (Å²) in [7, 11) is 2.14. The van der Waals surface area contributed by atoms with Crippen LogP contribution in [0, 0.1) is 0 Å². The normalized spacial score (nSPS) is 10.8. The van der Waals surface area contributed by atoms with Crippen LogP contribution in [0.2, 0.25) is 0 Å². The van der Waals surface area contributed by atoms with Crippen molar-refractivity contribution in [2.24, 2.45) is 0 Å². The van der Waals surface area contributed by atoms with Crippen molar-refractivity contribution >= 4 is 17.6 Å². The molecule has 0 aliphatic carbocycles. The van der Waals surface area contributed by atoms with Crippen LogP contribution in [0.4, 0.5) is 5.69 Å². The SMILES string of the molecule is CN(Cc1ccccc1)SCCc1ccc(N)cc1. The fourth-order valence-corrected chi connectivity index (χ4v) is 2.77. The monoisotopic (exact) mass is 272 g/mol. The summed E-state index contributed by atoms with van der Waals surface area (Å²) in [5.74, 6) is 1.09. The maximum atomic E-state index is 5.68. The van der Waals surface area contributed by atoms with Crippen molar-refractivity contribution in [1.29, 1.82) is 0 Å². The molecule has 2 rings (SSSR count). The first-order valence-electron chi connectivity index (χ1n) is 6.46. The minimum absolute atomic E-state index is 0.831. The quantitative estimate of drug-likeness (QED) is 0.643. The molecule has 3 heteroatoms. The highest BCUT2D eigenvalue weighted by Gasteiger charge is 2.01. The zero-order valence-corrected chi connectivity index (χ0v) is 12.1.